The van der Waals surface area contributed by atoms with Crippen molar-refractivity contribution in [2.24, 2.45) is 0 Å². The molecule has 27 heavy (non-hydrogen) atoms. The quantitative estimate of drug-likeness (QED) is 0.434. The van der Waals surface area contributed by atoms with Crippen LogP contribution in [0.15, 0.2) is 30.3 Å². The average molecular weight is 399 g/mol. The third-order valence-corrected chi connectivity index (χ3v) is 3.44. The summed E-state index contributed by atoms with van der Waals surface area (Å²) in [5.74, 6) is -14.4. The van der Waals surface area contributed by atoms with E-state index in [0.717, 1.165) is 12.1 Å². The number of hydrogen-bond donors (Lipinski definition) is 0. The lowest BCUT2D eigenvalue weighted by Crippen LogP contribution is -2.51. The second-order valence-corrected chi connectivity index (χ2v) is 5.25. The first-order valence-corrected chi connectivity index (χ1v) is 6.90. The van der Waals surface area contributed by atoms with E-state index in [1.54, 1.807) is 0 Å². The van der Waals surface area contributed by atoms with Crippen molar-refractivity contribution in [3.8, 4) is 11.3 Å². The highest BCUT2D eigenvalue weighted by atomic mass is 19.4. The fourth-order valence-corrected chi connectivity index (χ4v) is 2.21. The number of carbonyl (C=O) groups is 1. The Bertz CT molecular complexity index is 891. The summed E-state index contributed by atoms with van der Waals surface area (Å²) >= 11 is 0. The van der Waals surface area contributed by atoms with Crippen LogP contribution in [-0.2, 0) is 5.92 Å². The number of benzene rings is 1. The van der Waals surface area contributed by atoms with Crippen LogP contribution in [0.25, 0.3) is 11.3 Å². The van der Waals surface area contributed by atoms with E-state index in [4.69, 9.17) is 0 Å². The minimum atomic E-state index is -6.75. The smallest absolute Gasteiger partial charge is 0.273 e. The summed E-state index contributed by atoms with van der Waals surface area (Å²) in [4.78, 5) is 21.2. The van der Waals surface area contributed by atoms with Crippen LogP contribution in [0.3, 0.4) is 0 Å². The van der Waals surface area contributed by atoms with E-state index >= 15 is 0 Å². The van der Waals surface area contributed by atoms with Crippen LogP contribution in [0.5, 0.6) is 0 Å². The lowest BCUT2D eigenvalue weighted by atomic mass is 10.0. The Morgan fingerprint density at radius 3 is 2.00 bits per heavy atom. The monoisotopic (exact) mass is 399 g/mol. The molecule has 2 aromatic rings. The van der Waals surface area contributed by atoms with Crippen molar-refractivity contribution in [1.82, 2.24) is 9.78 Å². The maximum Gasteiger partial charge on any atom is 0.460 e. The first-order chi connectivity index (χ1) is 12.2. The molecule has 0 aliphatic heterocycles. The molecular weight excluding hydrogens is 391 g/mol. The Balaban J connectivity index is 2.93. The van der Waals surface area contributed by atoms with Crippen LogP contribution in [0.1, 0.15) is 17.4 Å². The summed E-state index contributed by atoms with van der Waals surface area (Å²) in [7, 11) is 0. The van der Waals surface area contributed by atoms with Gasteiger partial charge in [0.1, 0.15) is 0 Å². The molecule has 0 amide bonds. The maximum atomic E-state index is 14.2. The zero-order valence-corrected chi connectivity index (χ0v) is 13.1. The van der Waals surface area contributed by atoms with Gasteiger partial charge in [-0.25, -0.2) is 0 Å². The zero-order chi connectivity index (χ0) is 20.8. The fourth-order valence-electron chi connectivity index (χ4n) is 2.21. The number of aromatic nitrogens is 2. The highest BCUT2D eigenvalue weighted by Crippen LogP contribution is 2.54. The topological polar surface area (TPSA) is 78.0 Å². The first kappa shape index (κ1) is 20.3. The molecule has 0 aliphatic carbocycles. The predicted octanol–water partition coefficient (Wildman–Crippen LogP) is 4.41. The van der Waals surface area contributed by atoms with Crippen LogP contribution < -0.4 is 0 Å². The van der Waals surface area contributed by atoms with Crippen LogP contribution in [0, 0.1) is 10.1 Å². The van der Waals surface area contributed by atoms with Gasteiger partial charge >= 0.3 is 23.7 Å². The largest absolute Gasteiger partial charge is 0.460 e. The number of nitrogens with zero attached hydrogens (tertiary/aromatic N) is 3. The van der Waals surface area contributed by atoms with Crippen molar-refractivity contribution in [2.45, 2.75) is 24.9 Å². The molecule has 1 heterocycles. The van der Waals surface area contributed by atoms with Crippen LogP contribution in [0.4, 0.5) is 36.4 Å². The molecule has 0 saturated heterocycles. The number of carbonyl (C=O) groups excluding carboxylic acids is 1. The van der Waals surface area contributed by atoms with Gasteiger partial charge in [0.2, 0.25) is 11.6 Å². The molecule has 13 heteroatoms. The van der Waals surface area contributed by atoms with Crippen molar-refractivity contribution >= 4 is 11.6 Å². The van der Waals surface area contributed by atoms with Gasteiger partial charge < -0.3 is 0 Å². The molecule has 0 aliphatic rings. The molecule has 0 unspecified atom stereocenters. The van der Waals surface area contributed by atoms with E-state index in [1.165, 1.54) is 18.2 Å². The molecule has 6 nitrogen and oxygen atoms in total. The van der Waals surface area contributed by atoms with E-state index in [9.17, 15) is 45.6 Å². The zero-order valence-electron chi connectivity index (χ0n) is 13.1. The average Bonchev–Trinajstić information content (AvgIpc) is 2.96. The van der Waals surface area contributed by atoms with Crippen LogP contribution in [-0.4, -0.2) is 32.7 Å². The van der Waals surface area contributed by atoms with Gasteiger partial charge in [0.15, 0.2) is 5.69 Å². The third-order valence-electron chi connectivity index (χ3n) is 3.44. The van der Waals surface area contributed by atoms with Gasteiger partial charge in [-0.15, -0.1) is 0 Å². The minimum Gasteiger partial charge on any atom is -0.273 e. The second-order valence-electron chi connectivity index (χ2n) is 5.25. The van der Waals surface area contributed by atoms with E-state index in [0.29, 0.717) is 6.92 Å². The van der Waals surface area contributed by atoms with Gasteiger partial charge in [-0.05, 0) is 0 Å². The molecule has 0 N–H and O–H groups in total. The summed E-state index contributed by atoms with van der Waals surface area (Å²) in [6, 6.07) is 6.22. The van der Waals surface area contributed by atoms with Gasteiger partial charge in [0, 0.05) is 12.5 Å². The number of hydrogen-bond acceptors (Lipinski definition) is 4. The minimum absolute atomic E-state index is 0.239. The Morgan fingerprint density at radius 1 is 1.07 bits per heavy atom. The number of halogens is 7. The van der Waals surface area contributed by atoms with Crippen molar-refractivity contribution in [1.29, 1.82) is 0 Å². The summed E-state index contributed by atoms with van der Waals surface area (Å²) in [5, 5.41) is 14.5. The van der Waals surface area contributed by atoms with Crippen LogP contribution >= 0.6 is 0 Å². The van der Waals surface area contributed by atoms with Crippen molar-refractivity contribution in [3.63, 3.8) is 0 Å². The molecule has 0 bridgehead atoms. The number of nitro groups is 1. The van der Waals surface area contributed by atoms with E-state index in [1.807, 2.05) is 0 Å². The summed E-state index contributed by atoms with van der Waals surface area (Å²) in [5.41, 5.74) is -5.48. The lowest BCUT2D eigenvalue weighted by molar-refractivity contribution is -0.393. The molecule has 1 aromatic heterocycles. The fraction of sp³-hybridized carbons (Fsp3) is 0.286. The van der Waals surface area contributed by atoms with Crippen LogP contribution in [0.2, 0.25) is 0 Å². The standard InChI is InChI=1S/C14H8F7N3O3/c1-7(25)23-11(12(15,16)13(17,18)14(19,20)21)10(24(26)27)9(22-23)8-5-3-2-4-6-8/h2-6H,1H3. The summed E-state index contributed by atoms with van der Waals surface area (Å²) < 4.78 is 92.3. The molecule has 0 radical (unpaired) electrons. The maximum absolute atomic E-state index is 14.2. The highest BCUT2D eigenvalue weighted by molar-refractivity contribution is 5.81. The SMILES string of the molecule is CC(=O)n1nc(-c2ccccc2)c([N+](=O)[O-])c1C(F)(F)C(F)(F)C(F)(F)F. The van der Waals surface area contributed by atoms with E-state index < -0.39 is 50.6 Å². The predicted molar refractivity (Wildman–Crippen MR) is 75.5 cm³/mol. The molecule has 0 fully saturated rings. The molecule has 1 aromatic carbocycles. The van der Waals surface area contributed by atoms with Gasteiger partial charge in [-0.1, -0.05) is 30.3 Å². The number of rotatable bonds is 4. The van der Waals surface area contributed by atoms with Gasteiger partial charge in [-0.3, -0.25) is 14.9 Å². The Kier molecular flexibility index (Phi) is 4.75. The first-order valence-electron chi connectivity index (χ1n) is 6.90. The Morgan fingerprint density at radius 2 is 1.59 bits per heavy atom. The normalized spacial score (nSPS) is 12.9. The van der Waals surface area contributed by atoms with Gasteiger partial charge in [-0.2, -0.15) is 40.5 Å². The Hall–Kier alpha value is -2.99. The summed E-state index contributed by atoms with van der Waals surface area (Å²) in [6.45, 7) is 0.525. The van der Waals surface area contributed by atoms with Crippen molar-refractivity contribution < 1.29 is 40.5 Å². The molecule has 146 valence electrons. The highest BCUT2D eigenvalue weighted by Gasteiger charge is 2.76. The van der Waals surface area contributed by atoms with Crippen molar-refractivity contribution in [2.75, 3.05) is 0 Å². The van der Waals surface area contributed by atoms with Gasteiger partial charge in [0.05, 0.1) is 4.92 Å². The van der Waals surface area contributed by atoms with Gasteiger partial charge in [0.25, 0.3) is 0 Å². The molecule has 2 rings (SSSR count). The summed E-state index contributed by atoms with van der Waals surface area (Å²) in [6.07, 6.45) is -6.75. The third kappa shape index (κ3) is 3.13. The molecule has 0 atom stereocenters. The molecule has 0 saturated carbocycles. The second kappa shape index (κ2) is 6.32. The van der Waals surface area contributed by atoms with Crippen molar-refractivity contribution in [3.05, 3.63) is 46.1 Å². The molecule has 0 spiro atoms. The Labute approximate surface area is 145 Å². The molecular formula is C14H8F7N3O3. The van der Waals surface area contributed by atoms with E-state index in [2.05, 4.69) is 5.10 Å². The number of alkyl halides is 7. The lowest BCUT2D eigenvalue weighted by Gasteiger charge is -2.27. The van der Waals surface area contributed by atoms with E-state index in [-0.39, 0.29) is 5.56 Å².